The topological polar surface area (TPSA) is 62.3 Å². The molecule has 1 aliphatic carbocycles. The summed E-state index contributed by atoms with van der Waals surface area (Å²) in [6.07, 6.45) is 7.05. The van der Waals surface area contributed by atoms with Crippen molar-refractivity contribution in [2.75, 3.05) is 0 Å². The lowest BCUT2D eigenvalue weighted by Gasteiger charge is -2.33. The van der Waals surface area contributed by atoms with Crippen molar-refractivity contribution in [1.82, 2.24) is 15.2 Å². The van der Waals surface area contributed by atoms with Gasteiger partial charge in [-0.15, -0.1) is 0 Å². The molecule has 3 aromatic rings. The predicted octanol–water partition coefficient (Wildman–Crippen LogP) is 5.22. The number of amides is 2. The Morgan fingerprint density at radius 3 is 2.30 bits per heavy atom. The highest BCUT2D eigenvalue weighted by molar-refractivity contribution is 5.96. The molecule has 0 spiro atoms. The van der Waals surface area contributed by atoms with Crippen LogP contribution in [-0.2, 0) is 11.3 Å². The van der Waals surface area contributed by atoms with Crippen LogP contribution in [-0.4, -0.2) is 27.7 Å². The molecule has 0 radical (unpaired) electrons. The summed E-state index contributed by atoms with van der Waals surface area (Å²) in [5.74, 6) is -0.395. The Morgan fingerprint density at radius 1 is 0.939 bits per heavy atom. The smallest absolute Gasteiger partial charge is 0.273 e. The number of hydrogen-bond donors (Lipinski definition) is 1. The number of nitrogens with zero attached hydrogens (tertiary/aromatic N) is 2. The maximum atomic E-state index is 13.7. The van der Waals surface area contributed by atoms with E-state index in [-0.39, 0.29) is 17.9 Å². The van der Waals surface area contributed by atoms with E-state index in [0.29, 0.717) is 12.2 Å². The van der Waals surface area contributed by atoms with Crippen LogP contribution in [0.1, 0.15) is 65.3 Å². The highest BCUT2D eigenvalue weighted by Gasteiger charge is 2.33. The van der Waals surface area contributed by atoms with E-state index in [9.17, 15) is 9.59 Å². The van der Waals surface area contributed by atoms with Gasteiger partial charge >= 0.3 is 0 Å². The van der Waals surface area contributed by atoms with Gasteiger partial charge in [-0.05, 0) is 43.0 Å². The third-order valence-corrected chi connectivity index (χ3v) is 6.25. The summed E-state index contributed by atoms with van der Waals surface area (Å²) < 4.78 is 0. The summed E-state index contributed by atoms with van der Waals surface area (Å²) in [4.78, 5) is 33.4. The number of aromatic nitrogens is 1. The van der Waals surface area contributed by atoms with Gasteiger partial charge in [-0.2, -0.15) is 0 Å². The zero-order chi connectivity index (χ0) is 23.0. The zero-order valence-corrected chi connectivity index (χ0v) is 19.1. The van der Waals surface area contributed by atoms with Crippen molar-refractivity contribution >= 4 is 11.8 Å². The third kappa shape index (κ3) is 5.86. The summed E-state index contributed by atoms with van der Waals surface area (Å²) in [5.41, 5.74) is 3.24. The average molecular weight is 442 g/mol. The predicted molar refractivity (Wildman–Crippen MR) is 129 cm³/mol. The van der Waals surface area contributed by atoms with E-state index < -0.39 is 6.04 Å². The second-order valence-corrected chi connectivity index (χ2v) is 8.79. The van der Waals surface area contributed by atoms with E-state index in [1.807, 2.05) is 61.5 Å². The molecule has 0 bridgehead atoms. The molecule has 1 N–H and O–H groups in total. The molecule has 0 unspecified atom stereocenters. The van der Waals surface area contributed by atoms with E-state index >= 15 is 0 Å². The van der Waals surface area contributed by atoms with Crippen LogP contribution in [0.5, 0.6) is 0 Å². The first kappa shape index (κ1) is 22.7. The number of carbonyl (C=O) groups excluding carboxylic acids is 2. The van der Waals surface area contributed by atoms with Gasteiger partial charge < -0.3 is 10.2 Å². The summed E-state index contributed by atoms with van der Waals surface area (Å²) in [6, 6.07) is 22.3. The van der Waals surface area contributed by atoms with Crippen LogP contribution in [0.15, 0.2) is 79.0 Å². The van der Waals surface area contributed by atoms with Crippen molar-refractivity contribution in [1.29, 1.82) is 0 Å². The van der Waals surface area contributed by atoms with Crippen LogP contribution < -0.4 is 5.32 Å². The van der Waals surface area contributed by atoms with Gasteiger partial charge in [0.1, 0.15) is 11.7 Å². The fraction of sp³-hybridized carbons (Fsp3) is 0.321. The number of hydrogen-bond acceptors (Lipinski definition) is 3. The van der Waals surface area contributed by atoms with Crippen LogP contribution in [0.4, 0.5) is 0 Å². The first-order valence-corrected chi connectivity index (χ1v) is 11.7. The Hall–Kier alpha value is -3.47. The summed E-state index contributed by atoms with van der Waals surface area (Å²) in [5, 5.41) is 3.25. The van der Waals surface area contributed by atoms with Gasteiger partial charge in [0.25, 0.3) is 5.91 Å². The minimum atomic E-state index is -0.746. The zero-order valence-electron chi connectivity index (χ0n) is 19.1. The molecule has 2 amide bonds. The first-order chi connectivity index (χ1) is 16.1. The third-order valence-electron chi connectivity index (χ3n) is 6.25. The van der Waals surface area contributed by atoms with Crippen LogP contribution in [0.2, 0.25) is 0 Å². The Morgan fingerprint density at radius 2 is 1.64 bits per heavy atom. The summed E-state index contributed by atoms with van der Waals surface area (Å²) in [6.45, 7) is 2.35. The molecule has 1 atom stereocenters. The molecule has 1 fully saturated rings. The molecule has 0 aliphatic heterocycles. The molecule has 1 aliphatic rings. The lowest BCUT2D eigenvalue weighted by Crippen LogP contribution is -2.47. The van der Waals surface area contributed by atoms with Crippen molar-refractivity contribution in [2.45, 2.75) is 57.7 Å². The van der Waals surface area contributed by atoms with Gasteiger partial charge in [-0.3, -0.25) is 14.6 Å². The van der Waals surface area contributed by atoms with Crippen molar-refractivity contribution in [3.05, 3.63) is 101 Å². The number of pyridine rings is 1. The van der Waals surface area contributed by atoms with Crippen molar-refractivity contribution < 1.29 is 9.59 Å². The minimum absolute atomic E-state index is 0.135. The molecule has 33 heavy (non-hydrogen) atoms. The largest absolute Gasteiger partial charge is 0.351 e. The monoisotopic (exact) mass is 441 g/mol. The molecular weight excluding hydrogens is 410 g/mol. The second-order valence-electron chi connectivity index (χ2n) is 8.79. The number of aryl methyl sites for hydroxylation is 1. The maximum absolute atomic E-state index is 13.7. The molecule has 5 nitrogen and oxygen atoms in total. The van der Waals surface area contributed by atoms with Crippen molar-refractivity contribution in [3.63, 3.8) is 0 Å². The molecule has 4 rings (SSSR count). The summed E-state index contributed by atoms with van der Waals surface area (Å²) >= 11 is 0. The van der Waals surface area contributed by atoms with Gasteiger partial charge in [0.15, 0.2) is 0 Å². The fourth-order valence-corrected chi connectivity index (χ4v) is 4.44. The Labute approximate surface area is 195 Å². The molecule has 170 valence electrons. The molecular formula is C28H31N3O2. The van der Waals surface area contributed by atoms with E-state index in [0.717, 1.165) is 42.4 Å². The number of carbonyl (C=O) groups is 2. The van der Waals surface area contributed by atoms with Crippen LogP contribution in [0.25, 0.3) is 0 Å². The molecule has 1 saturated carbocycles. The molecule has 1 aromatic heterocycles. The van der Waals surface area contributed by atoms with E-state index in [4.69, 9.17) is 0 Å². The molecule has 1 heterocycles. The highest BCUT2D eigenvalue weighted by Crippen LogP contribution is 2.27. The van der Waals surface area contributed by atoms with Gasteiger partial charge in [0, 0.05) is 18.8 Å². The lowest BCUT2D eigenvalue weighted by atomic mass is 9.94. The number of rotatable bonds is 7. The quantitative estimate of drug-likeness (QED) is 0.547. The number of benzene rings is 2. The standard InChI is InChI=1S/C28H31N3O2/c1-21-15-17-22(18-16-21)20-31(28(33)25-14-8-9-19-29-25)26(23-10-4-2-5-11-23)27(32)30-24-12-6-3-7-13-24/h2,4-5,8-11,14-19,24,26H,3,6-7,12-13,20H2,1H3,(H,30,32)/t26-/m0/s1. The summed E-state index contributed by atoms with van der Waals surface area (Å²) in [7, 11) is 0. The Bertz CT molecular complexity index is 1050. The van der Waals surface area contributed by atoms with E-state index in [2.05, 4.69) is 10.3 Å². The Kier molecular flexibility index (Phi) is 7.51. The molecule has 0 saturated heterocycles. The van der Waals surface area contributed by atoms with Gasteiger partial charge in [0.05, 0.1) is 0 Å². The van der Waals surface area contributed by atoms with Crippen molar-refractivity contribution in [3.8, 4) is 0 Å². The van der Waals surface area contributed by atoms with Crippen LogP contribution >= 0.6 is 0 Å². The first-order valence-electron chi connectivity index (χ1n) is 11.7. The van der Waals surface area contributed by atoms with Crippen molar-refractivity contribution in [2.24, 2.45) is 0 Å². The highest BCUT2D eigenvalue weighted by atomic mass is 16.2. The van der Waals surface area contributed by atoms with E-state index in [1.54, 1.807) is 29.3 Å². The SMILES string of the molecule is Cc1ccc(CN(C(=O)c2ccccn2)[C@H](C(=O)NC2CCCCC2)c2ccccc2)cc1. The van der Waals surface area contributed by atoms with Crippen LogP contribution in [0, 0.1) is 6.92 Å². The minimum Gasteiger partial charge on any atom is -0.351 e. The molecule has 2 aromatic carbocycles. The average Bonchev–Trinajstić information content (AvgIpc) is 2.86. The van der Waals surface area contributed by atoms with Gasteiger partial charge in [-0.25, -0.2) is 0 Å². The fourth-order valence-electron chi connectivity index (χ4n) is 4.44. The van der Waals surface area contributed by atoms with Crippen LogP contribution in [0.3, 0.4) is 0 Å². The van der Waals surface area contributed by atoms with E-state index in [1.165, 1.54) is 6.42 Å². The maximum Gasteiger partial charge on any atom is 0.273 e. The molecule has 5 heteroatoms. The van der Waals surface area contributed by atoms with Gasteiger partial charge in [-0.1, -0.05) is 85.5 Å². The lowest BCUT2D eigenvalue weighted by molar-refractivity contribution is -0.127. The normalized spacial score (nSPS) is 14.9. The van der Waals surface area contributed by atoms with Gasteiger partial charge in [0.2, 0.25) is 5.91 Å². The Balaban J connectivity index is 1.71. The second kappa shape index (κ2) is 10.9. The number of nitrogens with one attached hydrogen (secondary N) is 1.